The molecule has 0 saturated heterocycles. The van der Waals surface area contributed by atoms with E-state index in [0.29, 0.717) is 6.04 Å². The fraction of sp³-hybridized carbons (Fsp3) is 1.00. The molecule has 0 heterocycles. The van der Waals surface area contributed by atoms with E-state index in [1.807, 2.05) is 0 Å². The van der Waals surface area contributed by atoms with E-state index in [1.165, 1.54) is 57.8 Å². The molecule has 1 spiro atoms. The Balaban J connectivity index is 0.000000980. The average molecular weight is 219 g/mol. The summed E-state index contributed by atoms with van der Waals surface area (Å²) < 4.78 is 0. The Kier molecular flexibility index (Phi) is 4.68. The number of hydrogen-bond donors (Lipinski definition) is 2. The van der Waals surface area contributed by atoms with Crippen LogP contribution in [0.4, 0.5) is 0 Å². The number of rotatable bonds is 1. The van der Waals surface area contributed by atoms with E-state index in [9.17, 15) is 0 Å². The highest BCUT2D eigenvalue weighted by Crippen LogP contribution is 2.47. The molecule has 2 fully saturated rings. The van der Waals surface area contributed by atoms with Crippen molar-refractivity contribution < 1.29 is 0 Å². The van der Waals surface area contributed by atoms with Gasteiger partial charge in [-0.1, -0.05) is 19.3 Å². The van der Waals surface area contributed by atoms with Crippen molar-refractivity contribution in [3.05, 3.63) is 0 Å². The van der Waals surface area contributed by atoms with Crippen LogP contribution in [0.3, 0.4) is 0 Å². The highest BCUT2D eigenvalue weighted by atomic mass is 35.5. The monoisotopic (exact) mass is 218 g/mol. The van der Waals surface area contributed by atoms with Crippen molar-refractivity contribution in [1.29, 1.82) is 0 Å². The van der Waals surface area contributed by atoms with Gasteiger partial charge in [-0.05, 0) is 43.9 Å². The topological polar surface area (TPSA) is 38.0 Å². The minimum Gasteiger partial charge on any atom is -0.271 e. The molecular formula is C11H23ClN2. The molecule has 0 aromatic heterocycles. The van der Waals surface area contributed by atoms with Gasteiger partial charge in [-0.3, -0.25) is 11.3 Å². The first kappa shape index (κ1) is 12.3. The van der Waals surface area contributed by atoms with Crippen molar-refractivity contribution in [3.63, 3.8) is 0 Å². The van der Waals surface area contributed by atoms with E-state index in [0.717, 1.165) is 5.41 Å². The SMILES string of the molecule is Cl.NNC1CCC2(CCCCC2)CC1. The van der Waals surface area contributed by atoms with E-state index in [4.69, 9.17) is 5.84 Å². The molecule has 0 aromatic carbocycles. The highest BCUT2D eigenvalue weighted by Gasteiger charge is 2.35. The van der Waals surface area contributed by atoms with Crippen LogP contribution >= 0.6 is 12.4 Å². The summed E-state index contributed by atoms with van der Waals surface area (Å²) in [6.45, 7) is 0. The Morgan fingerprint density at radius 2 is 1.50 bits per heavy atom. The average Bonchev–Trinajstić information content (AvgIpc) is 2.20. The molecular weight excluding hydrogens is 196 g/mol. The number of hydrogen-bond acceptors (Lipinski definition) is 2. The molecule has 3 N–H and O–H groups in total. The molecule has 0 radical (unpaired) electrons. The van der Waals surface area contributed by atoms with Crippen molar-refractivity contribution in [2.45, 2.75) is 63.8 Å². The third kappa shape index (κ3) is 2.62. The third-order valence-corrected chi connectivity index (χ3v) is 4.20. The second kappa shape index (κ2) is 5.34. The van der Waals surface area contributed by atoms with E-state index < -0.39 is 0 Å². The van der Waals surface area contributed by atoms with Gasteiger partial charge in [0.2, 0.25) is 0 Å². The van der Waals surface area contributed by atoms with E-state index in [-0.39, 0.29) is 12.4 Å². The second-order valence-corrected chi connectivity index (χ2v) is 5.00. The standard InChI is InChI=1S/C11H22N2.ClH/c12-13-10-4-8-11(9-5-10)6-2-1-3-7-11;/h10,13H,1-9,12H2;1H. The van der Waals surface area contributed by atoms with Gasteiger partial charge in [-0.2, -0.15) is 0 Å². The lowest BCUT2D eigenvalue weighted by Gasteiger charge is -2.42. The summed E-state index contributed by atoms with van der Waals surface area (Å²) in [4.78, 5) is 0. The fourth-order valence-electron chi connectivity index (χ4n) is 3.20. The minimum absolute atomic E-state index is 0. The summed E-state index contributed by atoms with van der Waals surface area (Å²) in [5, 5.41) is 0. The first-order valence-electron chi connectivity index (χ1n) is 5.81. The molecule has 0 bridgehead atoms. The number of hydrazine groups is 1. The van der Waals surface area contributed by atoms with Crippen molar-refractivity contribution in [1.82, 2.24) is 5.43 Å². The number of nitrogens with two attached hydrogens (primary N) is 1. The van der Waals surface area contributed by atoms with Crippen molar-refractivity contribution in [3.8, 4) is 0 Å². The Morgan fingerprint density at radius 3 is 2.00 bits per heavy atom. The summed E-state index contributed by atoms with van der Waals surface area (Å²) in [7, 11) is 0. The van der Waals surface area contributed by atoms with Crippen LogP contribution in [-0.2, 0) is 0 Å². The Bertz CT molecular complexity index is 157. The van der Waals surface area contributed by atoms with E-state index in [2.05, 4.69) is 5.43 Å². The molecule has 0 aromatic rings. The predicted molar refractivity (Wildman–Crippen MR) is 62.3 cm³/mol. The molecule has 0 amide bonds. The van der Waals surface area contributed by atoms with Crippen LogP contribution in [0.15, 0.2) is 0 Å². The van der Waals surface area contributed by atoms with Gasteiger partial charge >= 0.3 is 0 Å². The van der Waals surface area contributed by atoms with Gasteiger partial charge < -0.3 is 0 Å². The van der Waals surface area contributed by atoms with Crippen LogP contribution in [0.2, 0.25) is 0 Å². The quantitative estimate of drug-likeness (QED) is 0.525. The molecule has 3 heteroatoms. The molecule has 2 saturated carbocycles. The zero-order chi connectivity index (χ0) is 9.15. The molecule has 2 aliphatic rings. The van der Waals surface area contributed by atoms with E-state index in [1.54, 1.807) is 0 Å². The normalized spacial score (nSPS) is 27.2. The van der Waals surface area contributed by atoms with Gasteiger partial charge in [0.1, 0.15) is 0 Å². The molecule has 14 heavy (non-hydrogen) atoms. The van der Waals surface area contributed by atoms with Gasteiger partial charge in [0, 0.05) is 6.04 Å². The lowest BCUT2D eigenvalue weighted by molar-refractivity contribution is 0.107. The van der Waals surface area contributed by atoms with Crippen LogP contribution in [0, 0.1) is 5.41 Å². The van der Waals surface area contributed by atoms with Crippen molar-refractivity contribution in [2.24, 2.45) is 11.3 Å². The third-order valence-electron chi connectivity index (χ3n) is 4.20. The zero-order valence-electron chi connectivity index (χ0n) is 8.93. The van der Waals surface area contributed by atoms with Crippen LogP contribution in [0.5, 0.6) is 0 Å². The second-order valence-electron chi connectivity index (χ2n) is 5.00. The number of nitrogens with one attached hydrogen (secondary N) is 1. The minimum atomic E-state index is 0. The maximum absolute atomic E-state index is 5.47. The molecule has 84 valence electrons. The van der Waals surface area contributed by atoms with Gasteiger partial charge in [0.15, 0.2) is 0 Å². The van der Waals surface area contributed by atoms with Crippen molar-refractivity contribution >= 4 is 12.4 Å². The summed E-state index contributed by atoms with van der Waals surface area (Å²) >= 11 is 0. The molecule has 0 aliphatic heterocycles. The summed E-state index contributed by atoms with van der Waals surface area (Å²) in [5.74, 6) is 5.47. The zero-order valence-corrected chi connectivity index (χ0v) is 9.74. The predicted octanol–water partition coefficient (Wildman–Crippen LogP) is 2.76. The fourth-order valence-corrected chi connectivity index (χ4v) is 3.20. The van der Waals surface area contributed by atoms with Crippen molar-refractivity contribution in [2.75, 3.05) is 0 Å². The van der Waals surface area contributed by atoms with Crippen LogP contribution in [0.25, 0.3) is 0 Å². The van der Waals surface area contributed by atoms with Gasteiger partial charge in [0.05, 0.1) is 0 Å². The molecule has 2 rings (SSSR count). The van der Waals surface area contributed by atoms with Gasteiger partial charge in [-0.15, -0.1) is 12.4 Å². The maximum Gasteiger partial charge on any atom is 0.0210 e. The summed E-state index contributed by atoms with van der Waals surface area (Å²) in [5.41, 5.74) is 3.67. The van der Waals surface area contributed by atoms with Crippen LogP contribution in [-0.4, -0.2) is 6.04 Å². The largest absolute Gasteiger partial charge is 0.271 e. The molecule has 2 nitrogen and oxygen atoms in total. The Morgan fingerprint density at radius 1 is 0.929 bits per heavy atom. The first-order valence-corrected chi connectivity index (χ1v) is 5.81. The lowest BCUT2D eigenvalue weighted by Crippen LogP contribution is -2.41. The Labute approximate surface area is 93.4 Å². The molecule has 0 unspecified atom stereocenters. The highest BCUT2D eigenvalue weighted by molar-refractivity contribution is 5.85. The van der Waals surface area contributed by atoms with Gasteiger partial charge in [0.25, 0.3) is 0 Å². The smallest absolute Gasteiger partial charge is 0.0210 e. The first-order chi connectivity index (χ1) is 6.35. The maximum atomic E-state index is 5.47. The summed E-state index contributed by atoms with van der Waals surface area (Å²) in [6, 6.07) is 0.604. The Hall–Kier alpha value is 0.210. The van der Waals surface area contributed by atoms with Crippen LogP contribution in [0.1, 0.15) is 57.8 Å². The lowest BCUT2D eigenvalue weighted by atomic mass is 9.64. The molecule has 0 atom stereocenters. The van der Waals surface area contributed by atoms with Crippen LogP contribution < -0.4 is 11.3 Å². The summed E-state index contributed by atoms with van der Waals surface area (Å²) in [6.07, 6.45) is 12.8. The number of halogens is 1. The molecule has 2 aliphatic carbocycles. The van der Waals surface area contributed by atoms with Gasteiger partial charge in [-0.25, -0.2) is 0 Å². The van der Waals surface area contributed by atoms with E-state index >= 15 is 0 Å².